The molecule has 0 aromatic heterocycles. The molecule has 0 spiro atoms. The van der Waals surface area contributed by atoms with E-state index in [4.69, 9.17) is 18.5 Å². The summed E-state index contributed by atoms with van der Waals surface area (Å²) >= 11 is 0. The van der Waals surface area contributed by atoms with Gasteiger partial charge in [0.1, 0.15) is 19.8 Å². The van der Waals surface area contributed by atoms with Crippen LogP contribution < -0.4 is 4.89 Å². The highest BCUT2D eigenvalue weighted by Crippen LogP contribution is 2.38. The lowest BCUT2D eigenvalue weighted by molar-refractivity contribution is -0.870. The van der Waals surface area contributed by atoms with Gasteiger partial charge < -0.3 is 27.9 Å². The Hall–Kier alpha value is -3.07. The van der Waals surface area contributed by atoms with E-state index in [-0.39, 0.29) is 32.0 Å². The normalized spacial score (nSPS) is 13.8. The number of ether oxygens (including phenoxy) is 2. The second-order valence-electron chi connectivity index (χ2n) is 23.8. The summed E-state index contributed by atoms with van der Waals surface area (Å²) < 4.78 is 34.3. The molecule has 2 unspecified atom stereocenters. The maximum atomic E-state index is 12.9. The van der Waals surface area contributed by atoms with Crippen molar-refractivity contribution in [3.63, 3.8) is 0 Å². The van der Waals surface area contributed by atoms with Crippen molar-refractivity contribution in [2.45, 2.75) is 302 Å². The molecule has 10 heteroatoms. The molecule has 0 aliphatic carbocycles. The van der Waals surface area contributed by atoms with Gasteiger partial charge in [0, 0.05) is 12.8 Å². The molecule has 0 aliphatic rings. The number of quaternary nitrogens is 1. The number of phosphoric ester groups is 1. The zero-order valence-electron chi connectivity index (χ0n) is 53.9. The minimum absolute atomic E-state index is 0.0342. The first-order valence-corrected chi connectivity index (χ1v) is 35.4. The predicted octanol–water partition coefficient (Wildman–Crippen LogP) is 21.3. The van der Waals surface area contributed by atoms with E-state index in [1.54, 1.807) is 0 Å². The highest BCUT2D eigenvalue weighted by atomic mass is 31.2. The van der Waals surface area contributed by atoms with Gasteiger partial charge in [-0.25, -0.2) is 0 Å². The Labute approximate surface area is 506 Å². The molecule has 0 fully saturated rings. The van der Waals surface area contributed by atoms with Crippen molar-refractivity contribution in [3.8, 4) is 0 Å². The van der Waals surface area contributed by atoms with Gasteiger partial charge in [-0.05, 0) is 96.3 Å². The predicted molar refractivity (Wildman–Crippen MR) is 351 cm³/mol. The number of hydrogen-bond donors (Lipinski definition) is 0. The Morgan fingerprint density at radius 3 is 1.05 bits per heavy atom. The van der Waals surface area contributed by atoms with Crippen molar-refractivity contribution < 1.29 is 42.1 Å². The van der Waals surface area contributed by atoms with Gasteiger partial charge in [0.25, 0.3) is 7.82 Å². The van der Waals surface area contributed by atoms with Crippen LogP contribution in [-0.2, 0) is 32.7 Å². The topological polar surface area (TPSA) is 111 Å². The fourth-order valence-corrected chi connectivity index (χ4v) is 10.1. The van der Waals surface area contributed by atoms with Gasteiger partial charge in [0.2, 0.25) is 0 Å². The van der Waals surface area contributed by atoms with Crippen LogP contribution >= 0.6 is 7.82 Å². The van der Waals surface area contributed by atoms with Crippen molar-refractivity contribution in [2.75, 3.05) is 47.5 Å². The van der Waals surface area contributed by atoms with Crippen LogP contribution in [0, 0.1) is 0 Å². The van der Waals surface area contributed by atoms with Crippen LogP contribution in [-0.4, -0.2) is 70.0 Å². The van der Waals surface area contributed by atoms with E-state index in [0.29, 0.717) is 17.4 Å². The van der Waals surface area contributed by atoms with Crippen molar-refractivity contribution >= 4 is 19.8 Å². The van der Waals surface area contributed by atoms with E-state index in [2.05, 4.69) is 111 Å². The molecule has 9 nitrogen and oxygen atoms in total. The zero-order valence-corrected chi connectivity index (χ0v) is 54.8. The van der Waals surface area contributed by atoms with E-state index < -0.39 is 26.5 Å². The number of carbonyl (C=O) groups is 2. The number of rotatable bonds is 62. The van der Waals surface area contributed by atoms with Crippen LogP contribution in [0.1, 0.15) is 296 Å². The first-order chi connectivity index (χ1) is 40.0. The van der Waals surface area contributed by atoms with Gasteiger partial charge >= 0.3 is 11.9 Å². The molecular formula is C72H128NO8P. The van der Waals surface area contributed by atoms with E-state index in [0.717, 1.165) is 89.9 Å². The molecule has 2 atom stereocenters. The fraction of sp³-hybridized carbons (Fsp3) is 0.750. The fourth-order valence-electron chi connectivity index (χ4n) is 9.40. The lowest BCUT2D eigenvalue weighted by atomic mass is 10.0. The molecule has 0 amide bonds. The van der Waals surface area contributed by atoms with Crippen molar-refractivity contribution in [1.29, 1.82) is 0 Å². The molecule has 82 heavy (non-hydrogen) atoms. The molecule has 0 N–H and O–H groups in total. The molecule has 0 heterocycles. The standard InChI is InChI=1S/C72H128NO8P/c1-6-8-10-12-14-16-18-20-22-24-26-28-30-32-33-34-35-36-37-38-39-41-43-45-47-49-51-53-55-57-59-61-63-65-72(75)81-70(69-80-82(76,77)79-67-66-73(3,4)5)68-78-71(74)64-62-60-58-56-54-52-50-48-46-44-42-40-31-29-27-25-23-21-19-17-15-13-11-9-7-2/h8,10,14,16,20,22,25-28,32-33,35-36,38-39,70H,6-7,9,11-13,15,17-19,21,23-24,29-31,34,37,40-69H2,1-5H3/b10-8-,16-14-,22-20-,27-25-,28-26-,33-32-,36-35-,39-38-. The first-order valence-electron chi connectivity index (χ1n) is 33.9. The lowest BCUT2D eigenvalue weighted by Gasteiger charge is -2.28. The number of allylic oxidation sites excluding steroid dienone is 16. The smallest absolute Gasteiger partial charge is 0.306 e. The van der Waals surface area contributed by atoms with Crippen molar-refractivity contribution in [2.24, 2.45) is 0 Å². The van der Waals surface area contributed by atoms with E-state index in [1.165, 1.54) is 173 Å². The van der Waals surface area contributed by atoms with Crippen molar-refractivity contribution in [3.05, 3.63) is 97.2 Å². The molecule has 0 rings (SSSR count). The Morgan fingerprint density at radius 2 is 0.695 bits per heavy atom. The second-order valence-corrected chi connectivity index (χ2v) is 25.2. The Morgan fingerprint density at radius 1 is 0.390 bits per heavy atom. The monoisotopic (exact) mass is 1170 g/mol. The summed E-state index contributed by atoms with van der Waals surface area (Å²) in [6, 6.07) is 0. The Kier molecular flexibility index (Phi) is 60.1. The summed E-state index contributed by atoms with van der Waals surface area (Å²) in [6.07, 6.45) is 86.2. The Balaban J connectivity index is 4.09. The molecule has 0 aromatic carbocycles. The molecule has 0 aliphatic heterocycles. The third-order valence-corrected chi connectivity index (χ3v) is 15.6. The summed E-state index contributed by atoms with van der Waals surface area (Å²) in [6.45, 7) is 4.15. The first kappa shape index (κ1) is 78.9. The van der Waals surface area contributed by atoms with Crippen LogP contribution in [0.3, 0.4) is 0 Å². The molecular weight excluding hydrogens is 1040 g/mol. The molecule has 0 saturated heterocycles. The van der Waals surface area contributed by atoms with Gasteiger partial charge in [0.05, 0.1) is 27.7 Å². The van der Waals surface area contributed by atoms with Gasteiger partial charge in [-0.1, -0.05) is 284 Å². The van der Waals surface area contributed by atoms with Crippen LogP contribution in [0.5, 0.6) is 0 Å². The number of phosphoric acid groups is 1. The number of unbranched alkanes of at least 4 members (excludes halogenated alkanes) is 32. The Bertz CT molecular complexity index is 1710. The quantitative estimate of drug-likeness (QED) is 0.0195. The minimum Gasteiger partial charge on any atom is -0.756 e. The highest BCUT2D eigenvalue weighted by Gasteiger charge is 2.22. The van der Waals surface area contributed by atoms with Crippen LogP contribution in [0.25, 0.3) is 0 Å². The average Bonchev–Trinajstić information content (AvgIpc) is 3.46. The number of hydrogen-bond acceptors (Lipinski definition) is 8. The van der Waals surface area contributed by atoms with Crippen LogP contribution in [0.4, 0.5) is 0 Å². The molecule has 474 valence electrons. The molecule has 0 radical (unpaired) electrons. The van der Waals surface area contributed by atoms with Crippen LogP contribution in [0.15, 0.2) is 97.2 Å². The second kappa shape index (κ2) is 62.5. The van der Waals surface area contributed by atoms with E-state index in [1.807, 2.05) is 21.1 Å². The van der Waals surface area contributed by atoms with E-state index in [9.17, 15) is 19.0 Å². The largest absolute Gasteiger partial charge is 0.756 e. The molecule has 0 saturated carbocycles. The number of nitrogens with zero attached hydrogens (tertiary/aromatic N) is 1. The van der Waals surface area contributed by atoms with Gasteiger partial charge in [-0.15, -0.1) is 0 Å². The lowest BCUT2D eigenvalue weighted by Crippen LogP contribution is -2.37. The van der Waals surface area contributed by atoms with Crippen molar-refractivity contribution in [1.82, 2.24) is 0 Å². The maximum Gasteiger partial charge on any atom is 0.306 e. The maximum absolute atomic E-state index is 12.9. The van der Waals surface area contributed by atoms with Gasteiger partial charge in [-0.2, -0.15) is 0 Å². The number of carbonyl (C=O) groups excluding carboxylic acids is 2. The molecule has 0 bridgehead atoms. The van der Waals surface area contributed by atoms with E-state index >= 15 is 0 Å². The zero-order chi connectivity index (χ0) is 59.8. The third-order valence-electron chi connectivity index (χ3n) is 14.6. The summed E-state index contributed by atoms with van der Waals surface area (Å²) in [5.74, 6) is -0.831. The summed E-state index contributed by atoms with van der Waals surface area (Å²) in [5.41, 5.74) is 0. The minimum atomic E-state index is -4.65. The summed E-state index contributed by atoms with van der Waals surface area (Å²) in [5, 5.41) is 0. The van der Waals surface area contributed by atoms with Gasteiger partial charge in [-0.3, -0.25) is 14.2 Å². The van der Waals surface area contributed by atoms with Gasteiger partial charge in [0.15, 0.2) is 6.10 Å². The number of likely N-dealkylation sites (N-methyl/N-ethyl adjacent to an activating group) is 1. The third kappa shape index (κ3) is 66.1. The van der Waals surface area contributed by atoms with Crippen LogP contribution in [0.2, 0.25) is 0 Å². The average molecular weight is 1170 g/mol. The molecule has 0 aromatic rings. The number of esters is 2. The summed E-state index contributed by atoms with van der Waals surface area (Å²) in [7, 11) is 1.16. The summed E-state index contributed by atoms with van der Waals surface area (Å²) in [4.78, 5) is 38.0. The SMILES string of the molecule is CC/C=C\C/C=C\C/C=C\C/C=C\C/C=C\C/C=C\C/C=C\CCCCCCCCCCCCCC(=O)OC(COC(=O)CCCCCCCCCCCCCCC/C=C\CCCCCCCCCC)COP(=O)([O-])OCC[N+](C)(C)C. The highest BCUT2D eigenvalue weighted by molar-refractivity contribution is 7.45.